The Hall–Kier alpha value is -0.790. The molecule has 0 aromatic heterocycles. The Bertz CT molecular complexity index is 473. The lowest BCUT2D eigenvalue weighted by atomic mass is 9.84. The Morgan fingerprint density at radius 3 is 2.68 bits per heavy atom. The molecular formula is C15H25N3O2S2. The van der Waals surface area contributed by atoms with Gasteiger partial charge in [0.2, 0.25) is 5.91 Å². The molecule has 22 heavy (non-hydrogen) atoms. The first-order valence-corrected chi connectivity index (χ1v) is 9.88. The van der Waals surface area contributed by atoms with Crippen molar-refractivity contribution >= 4 is 38.3 Å². The lowest BCUT2D eigenvalue weighted by molar-refractivity contribution is -0.139. The highest BCUT2D eigenvalue weighted by molar-refractivity contribution is 8.16. The number of amides is 2. The summed E-state index contributed by atoms with van der Waals surface area (Å²) in [7, 11) is 1.09. The Morgan fingerprint density at radius 2 is 2.05 bits per heavy atom. The maximum Gasteiger partial charge on any atom is 0.251 e. The fraction of sp³-hybridized carbons (Fsp3) is 0.800. The van der Waals surface area contributed by atoms with Crippen LogP contribution in [0.25, 0.3) is 0 Å². The number of carbonyl (C=O) groups excluding carboxylic acids is 2. The van der Waals surface area contributed by atoms with Gasteiger partial charge in [-0.05, 0) is 49.3 Å². The zero-order valence-corrected chi connectivity index (χ0v) is 14.4. The van der Waals surface area contributed by atoms with Gasteiger partial charge in [-0.25, -0.2) is 0 Å². The van der Waals surface area contributed by atoms with Crippen molar-refractivity contribution in [2.45, 2.75) is 62.9 Å². The minimum Gasteiger partial charge on any atom is -0.342 e. The molecule has 0 spiro atoms. The summed E-state index contributed by atoms with van der Waals surface area (Å²) >= 11 is 4.97. The summed E-state index contributed by atoms with van der Waals surface area (Å²) in [6.07, 6.45) is 7.66. The fourth-order valence-corrected chi connectivity index (χ4v) is 4.36. The monoisotopic (exact) mass is 343 g/mol. The van der Waals surface area contributed by atoms with E-state index in [9.17, 15) is 9.59 Å². The minimum atomic E-state index is -0.942. The van der Waals surface area contributed by atoms with E-state index in [0.717, 1.165) is 35.6 Å². The van der Waals surface area contributed by atoms with Crippen molar-refractivity contribution in [2.75, 3.05) is 6.54 Å². The summed E-state index contributed by atoms with van der Waals surface area (Å²) in [6.45, 7) is 0.605. The van der Waals surface area contributed by atoms with Gasteiger partial charge in [-0.3, -0.25) is 9.59 Å². The molecule has 0 radical (unpaired) electrons. The van der Waals surface area contributed by atoms with Crippen LogP contribution in [0, 0.1) is 5.92 Å². The van der Waals surface area contributed by atoms with Gasteiger partial charge in [-0.2, -0.15) is 0 Å². The van der Waals surface area contributed by atoms with Crippen molar-refractivity contribution in [3.05, 3.63) is 0 Å². The Kier molecular flexibility index (Phi) is 6.52. The van der Waals surface area contributed by atoms with Crippen molar-refractivity contribution in [1.29, 1.82) is 0 Å². The second kappa shape index (κ2) is 8.17. The number of nitrogens with two attached hydrogens (primary N) is 1. The molecule has 0 unspecified atom stereocenters. The van der Waals surface area contributed by atoms with E-state index in [1.165, 1.54) is 12.8 Å². The predicted octanol–water partition coefficient (Wildman–Crippen LogP) is 0.396. The first kappa shape index (κ1) is 17.6. The first-order chi connectivity index (χ1) is 10.6. The summed E-state index contributed by atoms with van der Waals surface area (Å²) in [6, 6.07) is -0.445. The van der Waals surface area contributed by atoms with Gasteiger partial charge in [0.25, 0.3) is 5.91 Å². The van der Waals surface area contributed by atoms with Crippen LogP contribution in [0.3, 0.4) is 0 Å². The number of piperazine rings is 1. The molecule has 2 rings (SSSR count). The molecule has 2 aliphatic rings. The quantitative estimate of drug-likeness (QED) is 0.461. The molecule has 1 saturated carbocycles. The van der Waals surface area contributed by atoms with Gasteiger partial charge >= 0.3 is 0 Å². The third-order valence-electron chi connectivity index (χ3n) is 4.65. The summed E-state index contributed by atoms with van der Waals surface area (Å²) in [5, 5.41) is 7.56. The topological polar surface area (TPSA) is 84.2 Å². The second-order valence-corrected chi connectivity index (χ2v) is 7.35. The van der Waals surface area contributed by atoms with E-state index in [-0.39, 0.29) is 11.8 Å². The van der Waals surface area contributed by atoms with Gasteiger partial charge in [0, 0.05) is 5.37 Å². The molecule has 0 bridgehead atoms. The molecular weight excluding hydrogens is 318 g/mol. The summed E-state index contributed by atoms with van der Waals surface area (Å²) < 4.78 is 0. The maximum absolute atomic E-state index is 12.6. The van der Waals surface area contributed by atoms with Crippen LogP contribution in [-0.2, 0) is 30.7 Å². The molecule has 5 nitrogen and oxygen atoms in total. The Labute approximate surface area is 140 Å². The second-order valence-electron chi connectivity index (χ2n) is 6.34. The highest BCUT2D eigenvalue weighted by Crippen LogP contribution is 2.32. The molecule has 124 valence electrons. The van der Waals surface area contributed by atoms with Crippen molar-refractivity contribution in [3.8, 4) is 0 Å². The van der Waals surface area contributed by atoms with E-state index < -0.39 is 11.6 Å². The van der Waals surface area contributed by atoms with Crippen LogP contribution in [-0.4, -0.2) is 35.3 Å². The van der Waals surface area contributed by atoms with Crippen LogP contribution in [0.2, 0.25) is 0 Å². The third kappa shape index (κ3) is 4.14. The SMILES string of the molecule is NCCCC[C@@H]1NC(=O)[C@@](C=S=S)(CC2CCCC2)NC1=O. The van der Waals surface area contributed by atoms with Gasteiger partial charge < -0.3 is 16.4 Å². The normalized spacial score (nSPS) is 29.0. The third-order valence-corrected chi connectivity index (χ3v) is 5.44. The van der Waals surface area contributed by atoms with E-state index in [1.54, 1.807) is 5.37 Å². The van der Waals surface area contributed by atoms with Crippen LogP contribution in [0.1, 0.15) is 51.4 Å². The molecule has 1 saturated heterocycles. The van der Waals surface area contributed by atoms with E-state index in [2.05, 4.69) is 10.6 Å². The number of carbonyl (C=O) groups is 2. The Balaban J connectivity index is 2.06. The van der Waals surface area contributed by atoms with Crippen LogP contribution in [0.4, 0.5) is 0 Å². The van der Waals surface area contributed by atoms with Gasteiger partial charge in [0.1, 0.15) is 11.6 Å². The predicted molar refractivity (Wildman–Crippen MR) is 93.1 cm³/mol. The van der Waals surface area contributed by atoms with Gasteiger partial charge in [-0.15, -0.1) is 0 Å². The van der Waals surface area contributed by atoms with Crippen molar-refractivity contribution < 1.29 is 9.59 Å². The molecule has 2 atom stereocenters. The molecule has 7 heteroatoms. The molecule has 2 fully saturated rings. The molecule has 4 N–H and O–H groups in total. The average molecular weight is 344 g/mol. The van der Waals surface area contributed by atoms with E-state index in [4.69, 9.17) is 16.9 Å². The van der Waals surface area contributed by atoms with Crippen molar-refractivity contribution in [3.63, 3.8) is 0 Å². The molecule has 1 aliphatic carbocycles. The van der Waals surface area contributed by atoms with E-state index >= 15 is 0 Å². The lowest BCUT2D eigenvalue weighted by Gasteiger charge is -2.39. The number of hydrogen-bond acceptors (Lipinski definition) is 4. The van der Waals surface area contributed by atoms with Crippen molar-refractivity contribution in [2.24, 2.45) is 11.7 Å². The Morgan fingerprint density at radius 1 is 1.32 bits per heavy atom. The van der Waals surface area contributed by atoms with E-state index in [0.29, 0.717) is 25.3 Å². The van der Waals surface area contributed by atoms with Gasteiger partial charge in [-0.1, -0.05) is 35.6 Å². The molecule has 0 aromatic rings. The maximum atomic E-state index is 12.6. The minimum absolute atomic E-state index is 0.102. The smallest absolute Gasteiger partial charge is 0.251 e. The van der Waals surface area contributed by atoms with Gasteiger partial charge in [0.15, 0.2) is 0 Å². The summed E-state index contributed by atoms with van der Waals surface area (Å²) in [4.78, 5) is 25.0. The highest BCUT2D eigenvalue weighted by atomic mass is 32.8. The van der Waals surface area contributed by atoms with Crippen LogP contribution < -0.4 is 16.4 Å². The van der Waals surface area contributed by atoms with Crippen LogP contribution in [0.15, 0.2) is 0 Å². The number of nitrogens with one attached hydrogen (secondary N) is 2. The molecule has 2 amide bonds. The zero-order valence-electron chi connectivity index (χ0n) is 12.8. The highest BCUT2D eigenvalue weighted by Gasteiger charge is 2.46. The fourth-order valence-electron chi connectivity index (χ4n) is 3.44. The lowest BCUT2D eigenvalue weighted by Crippen LogP contribution is -2.70. The van der Waals surface area contributed by atoms with Crippen LogP contribution >= 0.6 is 0 Å². The van der Waals surface area contributed by atoms with Crippen LogP contribution in [0.5, 0.6) is 0 Å². The summed E-state index contributed by atoms with van der Waals surface area (Å²) in [5.41, 5.74) is 4.53. The van der Waals surface area contributed by atoms with Crippen molar-refractivity contribution in [1.82, 2.24) is 10.6 Å². The van der Waals surface area contributed by atoms with Gasteiger partial charge in [0.05, 0.1) is 0 Å². The molecule has 0 aromatic carbocycles. The average Bonchev–Trinajstić information content (AvgIpc) is 2.97. The standard InChI is InChI=1S/C15H25N3O2S2/c16-8-4-3-7-12-13(19)18-15(10-22-21,14(20)17-12)9-11-5-1-2-6-11/h10-12H,1-9,16H2,(H,17,20)(H,18,19)/t12-,15-/m0/s1. The number of hydrogen-bond donors (Lipinski definition) is 3. The number of unbranched alkanes of at least 4 members (excludes halogenated alkanes) is 1. The molecule has 1 heterocycles. The summed E-state index contributed by atoms with van der Waals surface area (Å²) in [5.74, 6) is 0.266. The zero-order chi connectivity index (χ0) is 16.0. The van der Waals surface area contributed by atoms with E-state index in [1.807, 2.05) is 0 Å². The number of rotatable bonds is 7. The molecule has 1 aliphatic heterocycles. The first-order valence-electron chi connectivity index (χ1n) is 8.07. The largest absolute Gasteiger partial charge is 0.342 e.